The fourth-order valence-corrected chi connectivity index (χ4v) is 1.79. The van der Waals surface area contributed by atoms with E-state index in [1.54, 1.807) is 0 Å². The highest BCUT2D eigenvalue weighted by atomic mass is 16.6. The van der Waals surface area contributed by atoms with Gasteiger partial charge in [-0.3, -0.25) is 19.5 Å². The molecule has 8 nitrogen and oxygen atoms in total. The molecule has 104 valence electrons. The molecule has 0 aliphatic rings. The van der Waals surface area contributed by atoms with Gasteiger partial charge in [-0.2, -0.15) is 0 Å². The van der Waals surface area contributed by atoms with E-state index >= 15 is 0 Å². The Morgan fingerprint density at radius 3 is 2.65 bits per heavy atom. The second-order valence-corrected chi connectivity index (χ2v) is 4.06. The lowest BCUT2D eigenvalue weighted by molar-refractivity contribution is -0.386. The molecule has 0 bridgehead atoms. The van der Waals surface area contributed by atoms with Gasteiger partial charge < -0.3 is 9.52 Å². The molecule has 0 aliphatic heterocycles. The summed E-state index contributed by atoms with van der Waals surface area (Å²) < 4.78 is 6.19. The smallest absolute Gasteiger partial charge is 0.371 e. The van der Waals surface area contributed by atoms with Crippen LogP contribution in [0.2, 0.25) is 0 Å². The third-order valence-electron chi connectivity index (χ3n) is 2.81. The zero-order valence-corrected chi connectivity index (χ0v) is 10.4. The van der Waals surface area contributed by atoms with E-state index in [9.17, 15) is 19.7 Å². The topological polar surface area (TPSA) is 116 Å². The number of rotatable bonds is 4. The monoisotopic (exact) mass is 278 g/mol. The van der Waals surface area contributed by atoms with E-state index in [0.717, 1.165) is 16.7 Å². The van der Waals surface area contributed by atoms with Crippen molar-refractivity contribution in [2.45, 2.75) is 13.5 Å². The average molecular weight is 278 g/mol. The predicted molar refractivity (Wildman–Crippen MR) is 66.9 cm³/mol. The minimum Gasteiger partial charge on any atom is -0.475 e. The van der Waals surface area contributed by atoms with Crippen molar-refractivity contribution in [3.63, 3.8) is 0 Å². The molecule has 8 heteroatoms. The van der Waals surface area contributed by atoms with Crippen LogP contribution in [0, 0.1) is 17.0 Å². The molecule has 0 fully saturated rings. The number of aromatic nitrogens is 1. The second-order valence-electron chi connectivity index (χ2n) is 4.06. The number of nitrogens with zero attached hydrogens (tertiary/aromatic N) is 2. The van der Waals surface area contributed by atoms with Crippen LogP contribution >= 0.6 is 0 Å². The number of furan rings is 1. The average Bonchev–Trinajstić information content (AvgIpc) is 2.82. The van der Waals surface area contributed by atoms with Crippen molar-refractivity contribution in [3.8, 4) is 0 Å². The van der Waals surface area contributed by atoms with Crippen molar-refractivity contribution in [1.29, 1.82) is 0 Å². The summed E-state index contributed by atoms with van der Waals surface area (Å²) in [6, 6.07) is 4.90. The summed E-state index contributed by atoms with van der Waals surface area (Å²) in [5.41, 5.74) is -0.438. The van der Waals surface area contributed by atoms with Crippen molar-refractivity contribution in [1.82, 2.24) is 4.57 Å². The Hall–Kier alpha value is -2.90. The van der Waals surface area contributed by atoms with Crippen molar-refractivity contribution in [2.75, 3.05) is 0 Å². The molecule has 20 heavy (non-hydrogen) atoms. The normalized spacial score (nSPS) is 10.4. The Morgan fingerprint density at radius 2 is 2.10 bits per heavy atom. The van der Waals surface area contributed by atoms with Gasteiger partial charge in [0.15, 0.2) is 0 Å². The van der Waals surface area contributed by atoms with Crippen LogP contribution in [0.5, 0.6) is 0 Å². The molecule has 2 rings (SSSR count). The first kappa shape index (κ1) is 13.5. The van der Waals surface area contributed by atoms with Crippen LogP contribution in [0.15, 0.2) is 33.5 Å². The Bertz CT molecular complexity index is 743. The quantitative estimate of drug-likeness (QED) is 0.667. The predicted octanol–water partition coefficient (Wildman–Crippen LogP) is 1.40. The number of aromatic carboxylic acids is 1. The molecule has 0 unspecified atom stereocenters. The first-order chi connectivity index (χ1) is 9.40. The van der Waals surface area contributed by atoms with E-state index in [-0.39, 0.29) is 29.4 Å². The van der Waals surface area contributed by atoms with Gasteiger partial charge in [0, 0.05) is 12.1 Å². The van der Waals surface area contributed by atoms with E-state index in [0.29, 0.717) is 0 Å². The summed E-state index contributed by atoms with van der Waals surface area (Å²) >= 11 is 0. The molecule has 0 aromatic carbocycles. The van der Waals surface area contributed by atoms with Crippen molar-refractivity contribution < 1.29 is 19.2 Å². The fraction of sp³-hybridized carbons (Fsp3) is 0.167. The van der Waals surface area contributed by atoms with Gasteiger partial charge in [0.2, 0.25) is 5.76 Å². The van der Waals surface area contributed by atoms with Gasteiger partial charge in [-0.05, 0) is 19.1 Å². The highest BCUT2D eigenvalue weighted by molar-refractivity contribution is 5.84. The molecule has 0 amide bonds. The second kappa shape index (κ2) is 5.00. The van der Waals surface area contributed by atoms with E-state index in [1.807, 2.05) is 0 Å². The highest BCUT2D eigenvalue weighted by Gasteiger charge is 2.16. The van der Waals surface area contributed by atoms with Gasteiger partial charge in [-0.15, -0.1) is 0 Å². The minimum atomic E-state index is -1.22. The number of carbonyl (C=O) groups is 1. The summed E-state index contributed by atoms with van der Waals surface area (Å²) in [7, 11) is 0. The summed E-state index contributed by atoms with van der Waals surface area (Å²) in [6.07, 6.45) is 0. The lowest BCUT2D eigenvalue weighted by Gasteiger charge is -2.07. The van der Waals surface area contributed by atoms with Crippen LogP contribution in [-0.2, 0) is 6.54 Å². The van der Waals surface area contributed by atoms with E-state index in [2.05, 4.69) is 0 Å². The number of pyridine rings is 1. The zero-order valence-electron chi connectivity index (χ0n) is 10.4. The molecule has 0 atom stereocenters. The molecule has 2 heterocycles. The van der Waals surface area contributed by atoms with Gasteiger partial charge in [0.05, 0.1) is 17.2 Å². The molecule has 2 aromatic heterocycles. The molecule has 0 spiro atoms. The third kappa shape index (κ3) is 2.44. The van der Waals surface area contributed by atoms with Gasteiger partial charge in [0.1, 0.15) is 5.76 Å². The van der Waals surface area contributed by atoms with Crippen LogP contribution in [0.4, 0.5) is 5.69 Å². The van der Waals surface area contributed by atoms with Crippen LogP contribution in [0.25, 0.3) is 0 Å². The number of hydrogen-bond acceptors (Lipinski definition) is 5. The first-order valence-electron chi connectivity index (χ1n) is 5.57. The first-order valence-corrected chi connectivity index (χ1v) is 5.57. The summed E-state index contributed by atoms with van der Waals surface area (Å²) in [5, 5.41) is 19.6. The highest BCUT2D eigenvalue weighted by Crippen LogP contribution is 2.16. The molecule has 0 saturated heterocycles. The fourth-order valence-electron chi connectivity index (χ4n) is 1.79. The Labute approximate surface area is 112 Å². The number of carboxylic acid groups (broad SMARTS) is 1. The van der Waals surface area contributed by atoms with Crippen LogP contribution < -0.4 is 5.56 Å². The number of carboxylic acids is 1. The Balaban J connectivity index is 2.42. The molecule has 2 aromatic rings. The summed E-state index contributed by atoms with van der Waals surface area (Å²) in [5.74, 6) is -1.25. The zero-order chi connectivity index (χ0) is 14.9. The Morgan fingerprint density at radius 1 is 1.40 bits per heavy atom. The minimum absolute atomic E-state index is 0.0698. The van der Waals surface area contributed by atoms with Crippen molar-refractivity contribution in [3.05, 3.63) is 61.9 Å². The lowest BCUT2D eigenvalue weighted by Crippen LogP contribution is -2.22. The van der Waals surface area contributed by atoms with Crippen LogP contribution in [-0.4, -0.2) is 20.6 Å². The van der Waals surface area contributed by atoms with E-state index in [1.165, 1.54) is 19.1 Å². The molecule has 1 N–H and O–H groups in total. The Kier molecular flexibility index (Phi) is 3.38. The van der Waals surface area contributed by atoms with Gasteiger partial charge >= 0.3 is 5.97 Å². The lowest BCUT2D eigenvalue weighted by atomic mass is 10.3. The molecule has 0 aliphatic carbocycles. The summed E-state index contributed by atoms with van der Waals surface area (Å²) in [6.45, 7) is 1.38. The van der Waals surface area contributed by atoms with Crippen molar-refractivity contribution in [2.24, 2.45) is 0 Å². The maximum absolute atomic E-state index is 11.7. The third-order valence-corrected chi connectivity index (χ3v) is 2.81. The van der Waals surface area contributed by atoms with Crippen LogP contribution in [0.3, 0.4) is 0 Å². The standard InChI is InChI=1S/C12H10N2O6/c1-7-9(14(18)19)3-5-11(15)13(7)6-8-2-4-10(20-8)12(16)17/h2-5H,6H2,1H3,(H,16,17). The molecule has 0 saturated carbocycles. The van der Waals surface area contributed by atoms with E-state index in [4.69, 9.17) is 9.52 Å². The molecule has 0 radical (unpaired) electrons. The maximum Gasteiger partial charge on any atom is 0.371 e. The largest absolute Gasteiger partial charge is 0.475 e. The summed E-state index contributed by atoms with van der Waals surface area (Å²) in [4.78, 5) is 32.7. The number of hydrogen-bond donors (Lipinski definition) is 1. The van der Waals surface area contributed by atoms with Gasteiger partial charge in [-0.1, -0.05) is 0 Å². The van der Waals surface area contributed by atoms with E-state index < -0.39 is 16.5 Å². The SMILES string of the molecule is Cc1c([N+](=O)[O-])ccc(=O)n1Cc1ccc(C(=O)O)o1. The molecular weight excluding hydrogens is 268 g/mol. The van der Waals surface area contributed by atoms with Crippen molar-refractivity contribution >= 4 is 11.7 Å². The maximum atomic E-state index is 11.7. The van der Waals surface area contributed by atoms with Gasteiger partial charge in [0.25, 0.3) is 11.2 Å². The molecular formula is C12H10N2O6. The van der Waals surface area contributed by atoms with Crippen LogP contribution in [0.1, 0.15) is 22.0 Å². The van der Waals surface area contributed by atoms with Gasteiger partial charge in [-0.25, -0.2) is 4.79 Å². The number of nitro groups is 1.